The molecule has 1 aliphatic heterocycles. The molecule has 29 heavy (non-hydrogen) atoms. The number of carbonyl (C=O) groups is 1. The van der Waals surface area contributed by atoms with Gasteiger partial charge in [0, 0.05) is 17.2 Å². The number of benzene rings is 2. The van der Waals surface area contributed by atoms with E-state index in [9.17, 15) is 14.9 Å². The minimum Gasteiger partial charge on any atom is -0.493 e. The van der Waals surface area contributed by atoms with Crippen LogP contribution >= 0.6 is 11.6 Å². The Balaban J connectivity index is 2.04. The molecule has 0 amide bonds. The zero-order chi connectivity index (χ0) is 21.1. The molecule has 1 aliphatic rings. The number of nitrogens with zero attached hydrogens (tertiary/aromatic N) is 2. The number of rotatable bonds is 6. The van der Waals surface area contributed by atoms with Crippen molar-refractivity contribution in [1.82, 2.24) is 0 Å². The maximum absolute atomic E-state index is 12.3. The Morgan fingerprint density at radius 2 is 1.83 bits per heavy atom. The van der Waals surface area contributed by atoms with Crippen LogP contribution in [-0.4, -0.2) is 38.1 Å². The molecule has 0 saturated heterocycles. The Labute approximate surface area is 170 Å². The third-order valence-corrected chi connectivity index (χ3v) is 4.36. The summed E-state index contributed by atoms with van der Waals surface area (Å²) in [5, 5.41) is 11.0. The van der Waals surface area contributed by atoms with E-state index in [1.807, 2.05) is 0 Å². The summed E-state index contributed by atoms with van der Waals surface area (Å²) < 4.78 is 21.1. The lowest BCUT2D eigenvalue weighted by atomic mass is 10.1. The van der Waals surface area contributed by atoms with Gasteiger partial charge in [-0.2, -0.15) is 0 Å². The molecule has 0 N–H and O–H groups in total. The van der Waals surface area contributed by atoms with Gasteiger partial charge in [-0.25, -0.2) is 9.79 Å². The van der Waals surface area contributed by atoms with E-state index in [0.717, 1.165) is 0 Å². The number of hydrogen-bond acceptors (Lipinski definition) is 8. The number of carbonyl (C=O) groups excluding carboxylic acids is 1. The molecule has 10 heteroatoms. The second kappa shape index (κ2) is 8.19. The first kappa shape index (κ1) is 20.2. The maximum Gasteiger partial charge on any atom is 0.363 e. The van der Waals surface area contributed by atoms with E-state index in [4.69, 9.17) is 30.5 Å². The molecule has 0 radical (unpaired) electrons. The Morgan fingerprint density at radius 3 is 2.45 bits per heavy atom. The molecule has 0 atom stereocenters. The fourth-order valence-corrected chi connectivity index (χ4v) is 2.89. The number of ether oxygens (including phenoxy) is 4. The second-order valence-electron chi connectivity index (χ2n) is 5.68. The monoisotopic (exact) mass is 418 g/mol. The molecule has 0 bridgehead atoms. The summed E-state index contributed by atoms with van der Waals surface area (Å²) in [6.07, 6.45) is 1.46. The van der Waals surface area contributed by atoms with Crippen LogP contribution in [0.4, 0.5) is 5.69 Å². The van der Waals surface area contributed by atoms with Crippen molar-refractivity contribution in [2.24, 2.45) is 4.99 Å². The van der Waals surface area contributed by atoms with Crippen LogP contribution in [0.2, 0.25) is 5.02 Å². The molecular formula is C19H15ClN2O7. The van der Waals surface area contributed by atoms with Crippen LogP contribution in [0, 0.1) is 10.1 Å². The van der Waals surface area contributed by atoms with Gasteiger partial charge >= 0.3 is 5.97 Å². The molecule has 0 spiro atoms. The molecule has 2 aromatic carbocycles. The lowest BCUT2D eigenvalue weighted by molar-refractivity contribution is -0.384. The Kier molecular flexibility index (Phi) is 5.69. The van der Waals surface area contributed by atoms with Gasteiger partial charge in [-0.05, 0) is 30.3 Å². The maximum atomic E-state index is 12.3. The van der Waals surface area contributed by atoms with E-state index >= 15 is 0 Å². The van der Waals surface area contributed by atoms with Crippen molar-refractivity contribution in [3.05, 3.63) is 62.3 Å². The molecule has 150 valence electrons. The highest BCUT2D eigenvalue weighted by Gasteiger charge is 2.27. The van der Waals surface area contributed by atoms with Crippen molar-refractivity contribution < 1.29 is 28.7 Å². The third kappa shape index (κ3) is 3.85. The first-order chi connectivity index (χ1) is 13.9. The number of nitro benzene ring substituents is 1. The van der Waals surface area contributed by atoms with Crippen molar-refractivity contribution in [3.63, 3.8) is 0 Å². The Hall–Kier alpha value is -3.59. The first-order valence-electron chi connectivity index (χ1n) is 8.15. The quantitative estimate of drug-likeness (QED) is 0.305. The molecular weight excluding hydrogens is 404 g/mol. The summed E-state index contributed by atoms with van der Waals surface area (Å²) >= 11 is 5.81. The average Bonchev–Trinajstić information content (AvgIpc) is 3.07. The largest absolute Gasteiger partial charge is 0.493 e. The van der Waals surface area contributed by atoms with Crippen LogP contribution in [0.25, 0.3) is 6.08 Å². The molecule has 9 nitrogen and oxygen atoms in total. The minimum absolute atomic E-state index is 0.0110. The van der Waals surface area contributed by atoms with Crippen molar-refractivity contribution in [1.29, 1.82) is 0 Å². The van der Waals surface area contributed by atoms with Crippen LogP contribution in [0.1, 0.15) is 11.1 Å². The number of aliphatic imine (C=N–C) groups is 1. The van der Waals surface area contributed by atoms with Crippen LogP contribution < -0.4 is 14.2 Å². The Morgan fingerprint density at radius 1 is 1.10 bits per heavy atom. The van der Waals surface area contributed by atoms with Gasteiger partial charge in [-0.1, -0.05) is 11.6 Å². The number of nitro groups is 1. The summed E-state index contributed by atoms with van der Waals surface area (Å²) in [5.74, 6) is 0.374. The van der Waals surface area contributed by atoms with Crippen LogP contribution in [0.5, 0.6) is 17.2 Å². The van der Waals surface area contributed by atoms with Gasteiger partial charge in [-0.3, -0.25) is 10.1 Å². The predicted octanol–water partition coefficient (Wildman–Crippen LogP) is 3.62. The third-order valence-electron chi connectivity index (χ3n) is 4.04. The fourth-order valence-electron chi connectivity index (χ4n) is 2.70. The number of methoxy groups -OCH3 is 3. The van der Waals surface area contributed by atoms with E-state index in [0.29, 0.717) is 22.8 Å². The smallest absolute Gasteiger partial charge is 0.363 e. The van der Waals surface area contributed by atoms with Gasteiger partial charge in [0.2, 0.25) is 11.6 Å². The van der Waals surface area contributed by atoms with E-state index in [2.05, 4.69) is 4.99 Å². The van der Waals surface area contributed by atoms with Gasteiger partial charge in [0.15, 0.2) is 17.2 Å². The van der Waals surface area contributed by atoms with E-state index in [1.165, 1.54) is 45.6 Å². The summed E-state index contributed by atoms with van der Waals surface area (Å²) in [4.78, 5) is 26.9. The summed E-state index contributed by atoms with van der Waals surface area (Å²) in [7, 11) is 4.41. The lowest BCUT2D eigenvalue weighted by Crippen LogP contribution is -2.06. The zero-order valence-corrected chi connectivity index (χ0v) is 16.4. The lowest BCUT2D eigenvalue weighted by Gasteiger charge is -2.14. The molecule has 3 rings (SSSR count). The number of cyclic esters (lactones) is 1. The molecule has 0 fully saturated rings. The molecule has 1 heterocycles. The van der Waals surface area contributed by atoms with E-state index < -0.39 is 10.9 Å². The first-order valence-corrected chi connectivity index (χ1v) is 8.53. The summed E-state index contributed by atoms with van der Waals surface area (Å²) in [6, 6.07) is 7.32. The fraction of sp³-hybridized carbons (Fsp3) is 0.158. The number of hydrogen-bond donors (Lipinski definition) is 0. The minimum atomic E-state index is -0.713. The number of esters is 1. The summed E-state index contributed by atoms with van der Waals surface area (Å²) in [6.45, 7) is 0. The normalized spacial score (nSPS) is 14.4. The van der Waals surface area contributed by atoms with Gasteiger partial charge < -0.3 is 18.9 Å². The van der Waals surface area contributed by atoms with Crippen LogP contribution in [-0.2, 0) is 9.53 Å². The predicted molar refractivity (Wildman–Crippen MR) is 105 cm³/mol. The zero-order valence-electron chi connectivity index (χ0n) is 15.6. The standard InChI is InChI=1S/C19H15ClN2O7/c1-26-15-7-5-10(16(27-2)17(15)28-3)8-13-19(23)29-18(21-13)11-4-6-12(20)14(9-11)22(24)25/h4-9H,1-3H3. The Bertz CT molecular complexity index is 1060. The molecule has 0 unspecified atom stereocenters. The van der Waals surface area contributed by atoms with Crippen molar-refractivity contribution >= 4 is 35.2 Å². The average molecular weight is 419 g/mol. The topological polar surface area (TPSA) is 109 Å². The van der Waals surface area contributed by atoms with Crippen molar-refractivity contribution in [2.75, 3.05) is 21.3 Å². The second-order valence-corrected chi connectivity index (χ2v) is 6.09. The van der Waals surface area contributed by atoms with Crippen molar-refractivity contribution in [2.45, 2.75) is 0 Å². The van der Waals surface area contributed by atoms with Crippen LogP contribution in [0.3, 0.4) is 0 Å². The van der Waals surface area contributed by atoms with Crippen molar-refractivity contribution in [3.8, 4) is 17.2 Å². The molecule has 0 aromatic heterocycles. The van der Waals surface area contributed by atoms with Gasteiger partial charge in [0.25, 0.3) is 5.69 Å². The SMILES string of the molecule is COc1ccc(C=C2N=C(c3ccc(Cl)c([N+](=O)[O-])c3)OC2=O)c(OC)c1OC. The highest BCUT2D eigenvalue weighted by atomic mass is 35.5. The van der Waals surface area contributed by atoms with Gasteiger partial charge in [0.05, 0.1) is 26.3 Å². The molecule has 0 aliphatic carbocycles. The highest BCUT2D eigenvalue weighted by molar-refractivity contribution is 6.32. The summed E-state index contributed by atoms with van der Waals surface area (Å²) in [5.41, 5.74) is 0.423. The highest BCUT2D eigenvalue weighted by Crippen LogP contribution is 2.41. The number of halogens is 1. The van der Waals surface area contributed by atoms with E-state index in [1.54, 1.807) is 12.1 Å². The van der Waals surface area contributed by atoms with E-state index in [-0.39, 0.29) is 27.9 Å². The molecule has 2 aromatic rings. The van der Waals surface area contributed by atoms with Gasteiger partial charge in [0.1, 0.15) is 5.02 Å². The van der Waals surface area contributed by atoms with Crippen LogP contribution in [0.15, 0.2) is 41.0 Å². The molecule has 0 saturated carbocycles. The van der Waals surface area contributed by atoms with Gasteiger partial charge in [-0.15, -0.1) is 0 Å².